The van der Waals surface area contributed by atoms with Crippen molar-refractivity contribution in [2.75, 3.05) is 51.8 Å². The Morgan fingerprint density at radius 1 is 1.48 bits per heavy atom. The summed E-state index contributed by atoms with van der Waals surface area (Å²) in [4.78, 5) is 14.2. The van der Waals surface area contributed by atoms with E-state index in [4.69, 9.17) is 5.26 Å². The Bertz CT molecular complexity index is 451. The molecule has 7 heteroatoms. The van der Waals surface area contributed by atoms with E-state index >= 15 is 0 Å². The number of carbonyl (C=O) groups excluding carboxylic acids is 1. The van der Waals surface area contributed by atoms with Gasteiger partial charge in [0.2, 0.25) is 5.91 Å². The minimum absolute atomic E-state index is 0.104. The highest BCUT2D eigenvalue weighted by Crippen LogP contribution is 2.52. The van der Waals surface area contributed by atoms with E-state index in [0.717, 1.165) is 51.3 Å². The van der Waals surface area contributed by atoms with Crippen LogP contribution in [0.25, 0.3) is 0 Å². The van der Waals surface area contributed by atoms with Gasteiger partial charge in [0.25, 0.3) is 0 Å². The fourth-order valence-electron chi connectivity index (χ4n) is 4.51. The van der Waals surface area contributed by atoms with E-state index in [2.05, 4.69) is 26.0 Å². The Labute approximate surface area is 140 Å². The number of likely N-dealkylation sites (tertiary alicyclic amines) is 1. The largest absolute Gasteiger partial charge is 0.384 e. The van der Waals surface area contributed by atoms with Crippen molar-refractivity contribution in [1.82, 2.24) is 10.3 Å². The third kappa shape index (κ3) is 4.64. The summed E-state index contributed by atoms with van der Waals surface area (Å²) >= 11 is 0. The van der Waals surface area contributed by atoms with E-state index in [9.17, 15) is 9.90 Å². The predicted molar refractivity (Wildman–Crippen MR) is 91.8 cm³/mol. The van der Waals surface area contributed by atoms with Gasteiger partial charge in [0.1, 0.15) is 25.0 Å². The summed E-state index contributed by atoms with van der Waals surface area (Å²) in [5.41, 5.74) is 2.93. The number of nitrogens with zero attached hydrogens (tertiary/aromatic N) is 3. The molecule has 3 unspecified atom stereocenters. The molecule has 4 atom stereocenters. The van der Waals surface area contributed by atoms with Gasteiger partial charge in [0.15, 0.2) is 0 Å². The van der Waals surface area contributed by atoms with Crippen LogP contribution in [0.4, 0.5) is 0 Å². The highest BCUT2D eigenvalue weighted by Gasteiger charge is 2.50. The van der Waals surface area contributed by atoms with E-state index in [0.29, 0.717) is 17.1 Å². The van der Waals surface area contributed by atoms with Gasteiger partial charge in [-0.1, -0.05) is 6.92 Å². The Kier molecular flexibility index (Phi) is 6.02. The number of amides is 1. The first-order valence-corrected chi connectivity index (χ1v) is 10.4. The number of aliphatic hydroxyl groups is 1. The molecule has 3 aliphatic rings. The van der Waals surface area contributed by atoms with Crippen LogP contribution in [0.2, 0.25) is 0 Å². The topological polar surface area (TPSA) is 76.4 Å². The van der Waals surface area contributed by atoms with Crippen LogP contribution in [0.5, 0.6) is 0 Å². The molecule has 0 saturated carbocycles. The van der Waals surface area contributed by atoms with Crippen molar-refractivity contribution < 1.29 is 14.5 Å². The van der Waals surface area contributed by atoms with Crippen LogP contribution in [0.15, 0.2) is 0 Å². The minimum Gasteiger partial charge on any atom is -0.384 e. The molecule has 2 bridgehead atoms. The summed E-state index contributed by atoms with van der Waals surface area (Å²) < 4.78 is 0.661. The molecule has 3 saturated heterocycles. The zero-order valence-corrected chi connectivity index (χ0v) is 15.3. The number of quaternary nitrogens is 1. The van der Waals surface area contributed by atoms with Crippen molar-refractivity contribution in [1.29, 1.82) is 5.26 Å². The standard InChI is InChI=1S/C15H29N3O2P.CHN/c1-13-7-15(20)10-18(2,12-21(9-13)11-15)16-8-14(19)17-5-3-4-6-17;1-2/h13,16,20H,3-12H2,1-2H3;1H/q+1;/t13?,15-,18?,21?;/m0./s1. The lowest BCUT2D eigenvalue weighted by molar-refractivity contribution is -0.948. The van der Waals surface area contributed by atoms with Crippen LogP contribution in [-0.4, -0.2) is 77.9 Å². The van der Waals surface area contributed by atoms with Crippen LogP contribution >= 0.6 is 7.92 Å². The van der Waals surface area contributed by atoms with E-state index in [1.807, 2.05) is 4.90 Å². The number of fused-ring (bicyclic) bond motifs is 2. The number of rotatable bonds is 3. The van der Waals surface area contributed by atoms with Crippen LogP contribution < -0.4 is 5.43 Å². The smallest absolute Gasteiger partial charge is 0.241 e. The van der Waals surface area contributed by atoms with Crippen molar-refractivity contribution in [3.63, 3.8) is 0 Å². The van der Waals surface area contributed by atoms with Crippen LogP contribution in [0.3, 0.4) is 0 Å². The molecule has 0 radical (unpaired) electrons. The third-order valence-electron chi connectivity index (χ3n) is 5.04. The lowest BCUT2D eigenvalue weighted by Gasteiger charge is -2.51. The summed E-state index contributed by atoms with van der Waals surface area (Å²) in [7, 11) is 2.04. The zero-order chi connectivity index (χ0) is 17.1. The first kappa shape index (κ1) is 18.6. The molecule has 0 aromatic heterocycles. The summed E-state index contributed by atoms with van der Waals surface area (Å²) in [6.45, 7) is 8.74. The number of hydrogen-bond donors (Lipinski definition) is 2. The molecule has 130 valence electrons. The summed E-state index contributed by atoms with van der Waals surface area (Å²) in [6, 6.07) is 0. The predicted octanol–water partition coefficient (Wildman–Crippen LogP) is 0.924. The zero-order valence-electron chi connectivity index (χ0n) is 14.4. The van der Waals surface area contributed by atoms with Gasteiger partial charge in [0.05, 0.1) is 7.05 Å². The summed E-state index contributed by atoms with van der Waals surface area (Å²) in [5, 5.41) is 17.3. The average Bonchev–Trinajstić information content (AvgIpc) is 2.98. The lowest BCUT2D eigenvalue weighted by Crippen LogP contribution is -2.68. The molecule has 6 nitrogen and oxygen atoms in total. The Balaban J connectivity index is 0.000000924. The quantitative estimate of drug-likeness (QED) is 0.591. The van der Waals surface area contributed by atoms with Crippen LogP contribution in [0.1, 0.15) is 26.2 Å². The van der Waals surface area contributed by atoms with Crippen molar-refractivity contribution in [3.8, 4) is 6.57 Å². The fourth-order valence-corrected chi connectivity index (χ4v) is 8.00. The molecule has 2 N–H and O–H groups in total. The maximum atomic E-state index is 12.2. The number of carbonyl (C=O) groups is 1. The molecule has 0 aromatic carbocycles. The van der Waals surface area contributed by atoms with Crippen molar-refractivity contribution in [3.05, 3.63) is 0 Å². The molecule has 0 aromatic rings. The molecule has 0 spiro atoms. The first-order chi connectivity index (χ1) is 10.9. The Morgan fingerprint density at radius 3 is 2.74 bits per heavy atom. The summed E-state index contributed by atoms with van der Waals surface area (Å²) in [6.07, 6.45) is 6.56. The molecular weight excluding hydrogens is 311 g/mol. The highest BCUT2D eigenvalue weighted by atomic mass is 31.1. The van der Waals surface area contributed by atoms with Gasteiger partial charge in [-0.2, -0.15) is 5.43 Å². The number of hydrogen-bond acceptors (Lipinski definition) is 4. The van der Waals surface area contributed by atoms with E-state index in [1.165, 1.54) is 6.16 Å². The average molecular weight is 341 g/mol. The van der Waals surface area contributed by atoms with Crippen LogP contribution in [0, 0.1) is 17.8 Å². The molecule has 0 aliphatic carbocycles. The van der Waals surface area contributed by atoms with E-state index in [-0.39, 0.29) is 13.8 Å². The lowest BCUT2D eigenvalue weighted by atomic mass is 9.92. The third-order valence-corrected chi connectivity index (χ3v) is 8.24. The van der Waals surface area contributed by atoms with Gasteiger partial charge in [-0.15, -0.1) is 0 Å². The van der Waals surface area contributed by atoms with Crippen molar-refractivity contribution >= 4 is 13.8 Å². The summed E-state index contributed by atoms with van der Waals surface area (Å²) in [5.74, 6) is 0.866. The SMILES string of the molecule is C#N.CC1CP2C[C@](O)(C1)C[N+](C)(NCC(=O)N1CCCC1)C2. The van der Waals surface area contributed by atoms with Gasteiger partial charge in [-0.25, -0.2) is 9.85 Å². The van der Waals surface area contributed by atoms with Gasteiger partial charge in [0, 0.05) is 25.8 Å². The number of likely N-dealkylation sites (N-methyl/N-ethyl adjacent to an activating group) is 1. The maximum Gasteiger partial charge on any atom is 0.241 e. The number of nitriles is 1. The van der Waals surface area contributed by atoms with E-state index in [1.54, 1.807) is 0 Å². The molecule has 1 amide bonds. The number of nitrogens with one attached hydrogen (secondary N) is 1. The fraction of sp³-hybridized carbons (Fsp3) is 0.875. The van der Waals surface area contributed by atoms with Gasteiger partial charge >= 0.3 is 0 Å². The minimum atomic E-state index is -0.514. The molecule has 3 aliphatic heterocycles. The Hall–Kier alpha value is -0.730. The van der Waals surface area contributed by atoms with Crippen molar-refractivity contribution in [2.45, 2.75) is 31.8 Å². The van der Waals surface area contributed by atoms with Crippen LogP contribution in [-0.2, 0) is 4.79 Å². The van der Waals surface area contributed by atoms with Crippen molar-refractivity contribution in [2.24, 2.45) is 5.92 Å². The van der Waals surface area contributed by atoms with E-state index < -0.39 is 5.60 Å². The first-order valence-electron chi connectivity index (χ1n) is 8.46. The molecule has 3 fully saturated rings. The second-order valence-electron chi connectivity index (χ2n) is 7.66. The van der Waals surface area contributed by atoms with Gasteiger partial charge < -0.3 is 10.0 Å². The molecule has 23 heavy (non-hydrogen) atoms. The molecule has 3 rings (SSSR count). The molecular formula is C16H30N4O2P+. The van der Waals surface area contributed by atoms with Gasteiger partial charge in [-0.05, 0) is 39.3 Å². The monoisotopic (exact) mass is 341 g/mol. The second-order valence-corrected chi connectivity index (χ2v) is 9.97. The highest BCUT2D eigenvalue weighted by molar-refractivity contribution is 7.57. The van der Waals surface area contributed by atoms with Gasteiger partial charge in [-0.3, -0.25) is 4.79 Å². The maximum absolute atomic E-state index is 12.2. The Morgan fingerprint density at radius 2 is 2.13 bits per heavy atom. The normalized spacial score (nSPS) is 39.4. The molecule has 3 heterocycles. The second kappa shape index (κ2) is 7.44.